The predicted octanol–water partition coefficient (Wildman–Crippen LogP) is 1.62. The van der Waals surface area contributed by atoms with Gasteiger partial charge in [-0.3, -0.25) is 4.79 Å². The molecule has 0 fully saturated rings. The van der Waals surface area contributed by atoms with Crippen LogP contribution < -0.4 is 5.32 Å². The molecule has 0 heterocycles. The van der Waals surface area contributed by atoms with Crippen molar-refractivity contribution in [3.63, 3.8) is 0 Å². The summed E-state index contributed by atoms with van der Waals surface area (Å²) < 4.78 is 0. The van der Waals surface area contributed by atoms with Crippen LogP contribution in [-0.2, 0) is 4.79 Å². The van der Waals surface area contributed by atoms with Crippen molar-refractivity contribution >= 4 is 12.0 Å². The monoisotopic (exact) mass is 240 g/mol. The molecule has 0 aromatic carbocycles. The van der Waals surface area contributed by atoms with Crippen molar-refractivity contribution in [2.75, 3.05) is 19.6 Å². The highest BCUT2D eigenvalue weighted by atomic mass is 16.4. The molecule has 0 aliphatic heterocycles. The largest absolute Gasteiger partial charge is 0.481 e. The van der Waals surface area contributed by atoms with Crippen LogP contribution in [0.2, 0.25) is 0 Å². The van der Waals surface area contributed by atoms with Crippen LogP contribution in [0.1, 0.15) is 19.3 Å². The molecule has 2 amide bonds. The topological polar surface area (TPSA) is 69.6 Å². The maximum Gasteiger partial charge on any atom is 0.317 e. The molecule has 0 aliphatic rings. The SMILES string of the molecule is C=CCN(CC=C)C(=O)NCCCCC(=O)O. The quantitative estimate of drug-likeness (QED) is 0.475. The third kappa shape index (κ3) is 8.07. The molecule has 0 spiro atoms. The second-order valence-electron chi connectivity index (χ2n) is 3.57. The van der Waals surface area contributed by atoms with Crippen molar-refractivity contribution in [3.8, 4) is 0 Å². The first-order chi connectivity index (χ1) is 8.11. The van der Waals surface area contributed by atoms with Crippen molar-refractivity contribution in [3.05, 3.63) is 25.3 Å². The van der Waals surface area contributed by atoms with Crippen LogP contribution in [0, 0.1) is 0 Å². The zero-order chi connectivity index (χ0) is 13.1. The average molecular weight is 240 g/mol. The Morgan fingerprint density at radius 1 is 1.18 bits per heavy atom. The van der Waals surface area contributed by atoms with E-state index in [1.807, 2.05) is 0 Å². The number of urea groups is 1. The fraction of sp³-hybridized carbons (Fsp3) is 0.500. The fourth-order valence-corrected chi connectivity index (χ4v) is 1.26. The molecule has 0 bridgehead atoms. The van der Waals surface area contributed by atoms with E-state index in [4.69, 9.17) is 5.11 Å². The zero-order valence-corrected chi connectivity index (χ0v) is 10.0. The van der Waals surface area contributed by atoms with Gasteiger partial charge in [-0.15, -0.1) is 13.2 Å². The van der Waals surface area contributed by atoms with E-state index in [-0.39, 0.29) is 12.5 Å². The van der Waals surface area contributed by atoms with Crippen LogP contribution in [0.5, 0.6) is 0 Å². The number of rotatable bonds is 9. The highest BCUT2D eigenvalue weighted by Gasteiger charge is 2.08. The number of carboxylic acids is 1. The van der Waals surface area contributed by atoms with Crippen LogP contribution in [0.3, 0.4) is 0 Å². The molecule has 0 rings (SSSR count). The van der Waals surface area contributed by atoms with Gasteiger partial charge in [-0.2, -0.15) is 0 Å². The summed E-state index contributed by atoms with van der Waals surface area (Å²) in [6.45, 7) is 8.56. The Hall–Kier alpha value is -1.78. The second-order valence-corrected chi connectivity index (χ2v) is 3.57. The molecule has 0 saturated heterocycles. The number of hydrogen-bond donors (Lipinski definition) is 2. The first-order valence-corrected chi connectivity index (χ1v) is 5.58. The minimum absolute atomic E-state index is 0.138. The van der Waals surface area contributed by atoms with Gasteiger partial charge < -0.3 is 15.3 Å². The van der Waals surface area contributed by atoms with Crippen molar-refractivity contribution in [1.82, 2.24) is 10.2 Å². The molecule has 5 nitrogen and oxygen atoms in total. The van der Waals surface area contributed by atoms with Gasteiger partial charge in [0, 0.05) is 26.1 Å². The first kappa shape index (κ1) is 15.2. The molecular formula is C12H20N2O3. The van der Waals surface area contributed by atoms with Crippen LogP contribution >= 0.6 is 0 Å². The minimum atomic E-state index is -0.809. The molecule has 0 aliphatic carbocycles. The highest BCUT2D eigenvalue weighted by molar-refractivity contribution is 5.74. The van der Waals surface area contributed by atoms with Gasteiger partial charge in [-0.25, -0.2) is 4.79 Å². The normalized spacial score (nSPS) is 9.41. The van der Waals surface area contributed by atoms with Gasteiger partial charge in [-0.1, -0.05) is 12.2 Å². The van der Waals surface area contributed by atoms with E-state index in [0.29, 0.717) is 32.5 Å². The van der Waals surface area contributed by atoms with Crippen LogP contribution in [-0.4, -0.2) is 41.6 Å². The maximum absolute atomic E-state index is 11.6. The molecule has 0 atom stereocenters. The molecule has 17 heavy (non-hydrogen) atoms. The molecule has 5 heteroatoms. The van der Waals surface area contributed by atoms with Gasteiger partial charge in [-0.05, 0) is 12.8 Å². The summed E-state index contributed by atoms with van der Waals surface area (Å²) in [5, 5.41) is 11.2. The van der Waals surface area contributed by atoms with Crippen molar-refractivity contribution < 1.29 is 14.7 Å². The number of carbonyl (C=O) groups excluding carboxylic acids is 1. The van der Waals surface area contributed by atoms with Crippen molar-refractivity contribution in [2.24, 2.45) is 0 Å². The Kier molecular flexibility index (Phi) is 8.46. The molecule has 2 N–H and O–H groups in total. The van der Waals surface area contributed by atoms with E-state index >= 15 is 0 Å². The Balaban J connectivity index is 3.77. The minimum Gasteiger partial charge on any atom is -0.481 e. The van der Waals surface area contributed by atoms with Gasteiger partial charge in [0.15, 0.2) is 0 Å². The number of aliphatic carboxylic acids is 1. The van der Waals surface area contributed by atoms with Crippen LogP contribution in [0.4, 0.5) is 4.79 Å². The Bertz CT molecular complexity index is 267. The Morgan fingerprint density at radius 2 is 1.76 bits per heavy atom. The maximum atomic E-state index is 11.6. The second kappa shape index (κ2) is 9.45. The summed E-state index contributed by atoms with van der Waals surface area (Å²) in [6, 6.07) is -0.180. The number of unbranched alkanes of at least 4 members (excludes halogenated alkanes) is 1. The lowest BCUT2D eigenvalue weighted by Crippen LogP contribution is -2.40. The van der Waals surface area contributed by atoms with Gasteiger partial charge in [0.25, 0.3) is 0 Å². The molecule has 0 radical (unpaired) electrons. The van der Waals surface area contributed by atoms with E-state index < -0.39 is 5.97 Å². The lowest BCUT2D eigenvalue weighted by atomic mass is 10.2. The predicted molar refractivity (Wildman–Crippen MR) is 66.9 cm³/mol. The number of nitrogens with one attached hydrogen (secondary N) is 1. The van der Waals surface area contributed by atoms with E-state index in [0.717, 1.165) is 0 Å². The highest BCUT2D eigenvalue weighted by Crippen LogP contribution is 1.95. The lowest BCUT2D eigenvalue weighted by molar-refractivity contribution is -0.137. The number of nitrogens with zero attached hydrogens (tertiary/aromatic N) is 1. The van der Waals surface area contributed by atoms with Crippen molar-refractivity contribution in [2.45, 2.75) is 19.3 Å². The van der Waals surface area contributed by atoms with Crippen LogP contribution in [0.25, 0.3) is 0 Å². The fourth-order valence-electron chi connectivity index (χ4n) is 1.26. The summed E-state index contributed by atoms with van der Waals surface area (Å²) >= 11 is 0. The molecular weight excluding hydrogens is 220 g/mol. The average Bonchev–Trinajstić information content (AvgIpc) is 2.27. The van der Waals surface area contributed by atoms with E-state index in [1.54, 1.807) is 17.1 Å². The van der Waals surface area contributed by atoms with Gasteiger partial charge >= 0.3 is 12.0 Å². The third-order valence-corrected chi connectivity index (χ3v) is 2.08. The lowest BCUT2D eigenvalue weighted by Gasteiger charge is -2.19. The zero-order valence-electron chi connectivity index (χ0n) is 10.0. The number of carboxylic acid groups (broad SMARTS) is 1. The number of amides is 2. The van der Waals surface area contributed by atoms with E-state index in [1.165, 1.54) is 0 Å². The summed E-state index contributed by atoms with van der Waals surface area (Å²) in [6.07, 6.45) is 4.66. The standard InChI is InChI=1S/C12H20N2O3/c1-3-9-14(10-4-2)12(17)13-8-6-5-7-11(15)16/h3-4H,1-2,5-10H2,(H,13,17)(H,15,16). The number of carbonyl (C=O) groups is 2. The smallest absolute Gasteiger partial charge is 0.317 e. The van der Waals surface area contributed by atoms with Gasteiger partial charge in [0.1, 0.15) is 0 Å². The van der Waals surface area contributed by atoms with Crippen molar-refractivity contribution in [1.29, 1.82) is 0 Å². The molecule has 0 aromatic heterocycles. The summed E-state index contributed by atoms with van der Waals surface area (Å²) in [7, 11) is 0. The number of hydrogen-bond acceptors (Lipinski definition) is 2. The molecule has 0 aromatic rings. The molecule has 96 valence electrons. The Labute approximate surface area is 102 Å². The van der Waals surface area contributed by atoms with Gasteiger partial charge in [0.2, 0.25) is 0 Å². The third-order valence-electron chi connectivity index (χ3n) is 2.08. The summed E-state index contributed by atoms with van der Waals surface area (Å²) in [5.41, 5.74) is 0. The van der Waals surface area contributed by atoms with Gasteiger partial charge in [0.05, 0.1) is 0 Å². The van der Waals surface area contributed by atoms with Crippen LogP contribution in [0.15, 0.2) is 25.3 Å². The van der Waals surface area contributed by atoms with E-state index in [2.05, 4.69) is 18.5 Å². The Morgan fingerprint density at radius 3 is 2.24 bits per heavy atom. The first-order valence-electron chi connectivity index (χ1n) is 5.58. The van der Waals surface area contributed by atoms with E-state index in [9.17, 15) is 9.59 Å². The summed E-state index contributed by atoms with van der Waals surface area (Å²) in [5.74, 6) is -0.809. The summed E-state index contributed by atoms with van der Waals surface area (Å²) in [4.78, 5) is 23.4. The molecule has 0 unspecified atom stereocenters. The molecule has 0 saturated carbocycles.